The first-order valence-corrected chi connectivity index (χ1v) is 5.69. The average molecular weight is 248 g/mol. The van der Waals surface area contributed by atoms with Gasteiger partial charge in [0.05, 0.1) is 13.2 Å². The summed E-state index contributed by atoms with van der Waals surface area (Å²) in [5.74, 6) is -0.402. The summed E-state index contributed by atoms with van der Waals surface area (Å²) in [7, 11) is 0. The van der Waals surface area contributed by atoms with Gasteiger partial charge in [0.15, 0.2) is 5.13 Å². The molecule has 2 heterocycles. The maximum Gasteiger partial charge on any atom is 0.242 e. The predicted molar refractivity (Wildman–Crippen MR) is 58.3 cm³/mol. The molecule has 2 N–H and O–H groups in total. The molecule has 1 atom stereocenters. The fraction of sp³-hybridized carbons (Fsp3) is 0.500. The molecule has 5 nitrogen and oxygen atoms in total. The number of anilines is 1. The Morgan fingerprint density at radius 3 is 3.20 bits per heavy atom. The number of primary amides is 1. The number of nitrogens with zero attached hydrogens (tertiary/aromatic N) is 2. The molecule has 0 aliphatic carbocycles. The van der Waals surface area contributed by atoms with E-state index in [9.17, 15) is 4.79 Å². The van der Waals surface area contributed by atoms with Gasteiger partial charge in [0.25, 0.3) is 0 Å². The lowest BCUT2D eigenvalue weighted by Gasteiger charge is -2.33. The fourth-order valence-electron chi connectivity index (χ4n) is 1.45. The number of ether oxygens (including phenoxy) is 1. The van der Waals surface area contributed by atoms with Gasteiger partial charge in [0.2, 0.25) is 5.91 Å². The zero-order valence-corrected chi connectivity index (χ0v) is 9.42. The zero-order valence-electron chi connectivity index (χ0n) is 7.85. The summed E-state index contributed by atoms with van der Waals surface area (Å²) < 4.78 is 5.20. The van der Waals surface area contributed by atoms with E-state index < -0.39 is 11.9 Å². The van der Waals surface area contributed by atoms with Crippen LogP contribution in [0.4, 0.5) is 5.13 Å². The fourth-order valence-corrected chi connectivity index (χ4v) is 2.47. The van der Waals surface area contributed by atoms with Gasteiger partial charge in [-0.25, -0.2) is 4.98 Å². The SMILES string of the molecule is NC(=O)C1COCCN1c1nc(Cl)cs1. The number of amides is 1. The van der Waals surface area contributed by atoms with Crippen molar-refractivity contribution >= 4 is 34.0 Å². The highest BCUT2D eigenvalue weighted by Gasteiger charge is 2.29. The van der Waals surface area contributed by atoms with Crippen molar-refractivity contribution in [1.29, 1.82) is 0 Å². The quantitative estimate of drug-likeness (QED) is 0.826. The van der Waals surface area contributed by atoms with E-state index in [4.69, 9.17) is 22.1 Å². The summed E-state index contributed by atoms with van der Waals surface area (Å²) in [5, 5.41) is 2.88. The number of hydrogen-bond acceptors (Lipinski definition) is 5. The van der Waals surface area contributed by atoms with Gasteiger partial charge in [0, 0.05) is 11.9 Å². The van der Waals surface area contributed by atoms with Crippen LogP contribution in [0.15, 0.2) is 5.38 Å². The molecule has 82 valence electrons. The Kier molecular flexibility index (Phi) is 3.08. The number of aromatic nitrogens is 1. The largest absolute Gasteiger partial charge is 0.377 e. The maximum atomic E-state index is 11.2. The van der Waals surface area contributed by atoms with Crippen LogP contribution in [0.5, 0.6) is 0 Å². The van der Waals surface area contributed by atoms with Gasteiger partial charge in [-0.15, -0.1) is 11.3 Å². The molecule has 1 aromatic rings. The number of nitrogens with two attached hydrogens (primary N) is 1. The Morgan fingerprint density at radius 1 is 1.80 bits per heavy atom. The van der Waals surface area contributed by atoms with Crippen LogP contribution in [0, 0.1) is 0 Å². The molecule has 2 rings (SSSR count). The molecule has 0 saturated carbocycles. The molecule has 0 bridgehead atoms. The molecular weight excluding hydrogens is 238 g/mol. The first-order chi connectivity index (χ1) is 7.18. The summed E-state index contributed by atoms with van der Waals surface area (Å²) in [6, 6.07) is -0.444. The third kappa shape index (κ3) is 2.22. The third-order valence-electron chi connectivity index (χ3n) is 2.17. The molecule has 1 aromatic heterocycles. The highest BCUT2D eigenvalue weighted by Crippen LogP contribution is 2.26. The van der Waals surface area contributed by atoms with Gasteiger partial charge >= 0.3 is 0 Å². The Morgan fingerprint density at radius 2 is 2.60 bits per heavy atom. The van der Waals surface area contributed by atoms with Gasteiger partial charge in [-0.3, -0.25) is 4.79 Å². The highest BCUT2D eigenvalue weighted by atomic mass is 35.5. The smallest absolute Gasteiger partial charge is 0.242 e. The van der Waals surface area contributed by atoms with E-state index in [-0.39, 0.29) is 0 Å². The van der Waals surface area contributed by atoms with E-state index in [0.717, 1.165) is 0 Å². The third-order valence-corrected chi connectivity index (χ3v) is 3.37. The number of carbonyl (C=O) groups is 1. The van der Waals surface area contributed by atoms with Crippen LogP contribution in [-0.4, -0.2) is 36.7 Å². The lowest BCUT2D eigenvalue weighted by atomic mass is 10.2. The predicted octanol–water partition coefficient (Wildman–Crippen LogP) is 0.487. The number of rotatable bonds is 2. The maximum absolute atomic E-state index is 11.2. The van der Waals surface area contributed by atoms with Crippen molar-refractivity contribution in [3.05, 3.63) is 10.5 Å². The van der Waals surface area contributed by atoms with Crippen molar-refractivity contribution in [3.63, 3.8) is 0 Å². The van der Waals surface area contributed by atoms with Crippen LogP contribution >= 0.6 is 22.9 Å². The monoisotopic (exact) mass is 247 g/mol. The van der Waals surface area contributed by atoms with Crippen LogP contribution < -0.4 is 10.6 Å². The van der Waals surface area contributed by atoms with Crippen molar-refractivity contribution in [3.8, 4) is 0 Å². The van der Waals surface area contributed by atoms with Crippen molar-refractivity contribution in [2.75, 3.05) is 24.7 Å². The molecule has 1 aliphatic heterocycles. The zero-order chi connectivity index (χ0) is 10.8. The number of hydrogen-bond donors (Lipinski definition) is 1. The minimum atomic E-state index is -0.444. The summed E-state index contributed by atoms with van der Waals surface area (Å²) in [4.78, 5) is 17.1. The van der Waals surface area contributed by atoms with Crippen molar-refractivity contribution < 1.29 is 9.53 Å². The van der Waals surface area contributed by atoms with Crippen molar-refractivity contribution in [2.24, 2.45) is 5.73 Å². The lowest BCUT2D eigenvalue weighted by Crippen LogP contribution is -2.52. The van der Waals surface area contributed by atoms with Crippen LogP contribution in [0.3, 0.4) is 0 Å². The summed E-state index contributed by atoms with van der Waals surface area (Å²) in [6.07, 6.45) is 0. The minimum absolute atomic E-state index is 0.312. The molecule has 7 heteroatoms. The average Bonchev–Trinajstić information content (AvgIpc) is 2.65. The molecule has 1 aliphatic rings. The number of carbonyl (C=O) groups excluding carboxylic acids is 1. The van der Waals surface area contributed by atoms with Gasteiger partial charge < -0.3 is 15.4 Å². The molecule has 0 aromatic carbocycles. The van der Waals surface area contributed by atoms with Crippen molar-refractivity contribution in [2.45, 2.75) is 6.04 Å². The summed E-state index contributed by atoms with van der Waals surface area (Å²) in [6.45, 7) is 1.49. The Balaban J connectivity index is 2.21. The minimum Gasteiger partial charge on any atom is -0.377 e. The standard InChI is InChI=1S/C8H10ClN3O2S/c9-6-4-15-8(11-6)12-1-2-14-3-5(12)7(10)13/h4-5H,1-3H2,(H2,10,13). The first-order valence-electron chi connectivity index (χ1n) is 4.43. The van der Waals surface area contributed by atoms with E-state index in [0.29, 0.717) is 30.0 Å². The van der Waals surface area contributed by atoms with Gasteiger partial charge in [-0.1, -0.05) is 11.6 Å². The number of halogens is 1. The van der Waals surface area contributed by atoms with Crippen LogP contribution in [-0.2, 0) is 9.53 Å². The first kappa shape index (κ1) is 10.7. The number of thiazole rings is 1. The highest BCUT2D eigenvalue weighted by molar-refractivity contribution is 7.14. The molecule has 1 unspecified atom stereocenters. The van der Waals surface area contributed by atoms with Gasteiger partial charge in [0.1, 0.15) is 11.2 Å². The summed E-state index contributed by atoms with van der Waals surface area (Å²) >= 11 is 7.13. The number of morpholine rings is 1. The molecule has 0 radical (unpaired) electrons. The second-order valence-corrected chi connectivity index (χ2v) is 4.36. The Hall–Kier alpha value is -0.850. The molecule has 15 heavy (non-hydrogen) atoms. The second kappa shape index (κ2) is 4.34. The molecule has 1 amide bonds. The van der Waals surface area contributed by atoms with E-state index in [2.05, 4.69) is 4.98 Å². The molecule has 0 spiro atoms. The Labute approximate surface area is 95.8 Å². The van der Waals surface area contributed by atoms with Crippen LogP contribution in [0.1, 0.15) is 0 Å². The molecule has 1 fully saturated rings. The van der Waals surface area contributed by atoms with Crippen LogP contribution in [0.2, 0.25) is 5.15 Å². The molecular formula is C8H10ClN3O2S. The van der Waals surface area contributed by atoms with E-state index in [1.54, 1.807) is 5.38 Å². The topological polar surface area (TPSA) is 68.5 Å². The summed E-state index contributed by atoms with van der Waals surface area (Å²) in [5.41, 5.74) is 5.28. The van der Waals surface area contributed by atoms with E-state index >= 15 is 0 Å². The second-order valence-electron chi connectivity index (χ2n) is 3.14. The Bertz CT molecular complexity index is 371. The van der Waals surface area contributed by atoms with Gasteiger partial charge in [-0.05, 0) is 0 Å². The normalized spacial score (nSPS) is 21.7. The van der Waals surface area contributed by atoms with Crippen molar-refractivity contribution in [1.82, 2.24) is 4.98 Å². The van der Waals surface area contributed by atoms with Crippen LogP contribution in [0.25, 0.3) is 0 Å². The van der Waals surface area contributed by atoms with Gasteiger partial charge in [-0.2, -0.15) is 0 Å². The lowest BCUT2D eigenvalue weighted by molar-refractivity contribution is -0.121. The molecule has 1 saturated heterocycles. The van der Waals surface area contributed by atoms with E-state index in [1.807, 2.05) is 4.90 Å². The van der Waals surface area contributed by atoms with E-state index in [1.165, 1.54) is 11.3 Å².